The molecule has 32 heavy (non-hydrogen) atoms. The Morgan fingerprint density at radius 1 is 1.00 bits per heavy atom. The Morgan fingerprint density at radius 2 is 1.59 bits per heavy atom. The number of β-amino-alcohol motifs (C(OH)–C–C–N with tert-alkyl or cyclic N) is 1. The Hall–Kier alpha value is -2.93. The molecule has 0 bridgehead atoms. The predicted octanol–water partition coefficient (Wildman–Crippen LogP) is 5.24. The van der Waals surface area contributed by atoms with Gasteiger partial charge in [-0.05, 0) is 43.0 Å². The van der Waals surface area contributed by atoms with Crippen LogP contribution in [-0.2, 0) is 13.0 Å². The number of aliphatic hydroxyl groups excluding tert-OH is 1. The van der Waals surface area contributed by atoms with Crippen molar-refractivity contribution >= 4 is 18.1 Å². The molecule has 0 aliphatic heterocycles. The molecule has 3 aromatic carbocycles. The molecule has 0 heterocycles. The summed E-state index contributed by atoms with van der Waals surface area (Å²) in [4.78, 5) is 11.1. The first kappa shape index (κ1) is 25.3. The third-order valence-corrected chi connectivity index (χ3v) is 5.06. The molecule has 0 spiro atoms. The van der Waals surface area contributed by atoms with Gasteiger partial charge in [0.05, 0.1) is 11.0 Å². The Morgan fingerprint density at radius 3 is 2.19 bits per heavy atom. The topological polar surface area (TPSA) is 84.6 Å². The highest BCUT2D eigenvalue weighted by Gasteiger charge is 2.22. The Bertz CT molecular complexity index is 997. The summed E-state index contributed by atoms with van der Waals surface area (Å²) in [5.41, 5.74) is 2.20. The maximum Gasteiger partial charge on any atom is 0.311 e. The van der Waals surface area contributed by atoms with E-state index in [4.69, 9.17) is 4.74 Å². The van der Waals surface area contributed by atoms with Gasteiger partial charge in [-0.25, -0.2) is 0 Å². The van der Waals surface area contributed by atoms with Crippen molar-refractivity contribution < 1.29 is 14.8 Å². The van der Waals surface area contributed by atoms with E-state index in [1.807, 2.05) is 48.5 Å². The zero-order valence-electron chi connectivity index (χ0n) is 18.2. The van der Waals surface area contributed by atoms with Crippen molar-refractivity contribution in [3.63, 3.8) is 0 Å². The molecular weight excluding hydrogens is 428 g/mol. The molecule has 6 nitrogen and oxygen atoms in total. The van der Waals surface area contributed by atoms with Crippen LogP contribution >= 0.6 is 12.4 Å². The van der Waals surface area contributed by atoms with Gasteiger partial charge >= 0.3 is 5.69 Å². The number of rotatable bonds is 10. The predicted molar refractivity (Wildman–Crippen MR) is 128 cm³/mol. The fourth-order valence-electron chi connectivity index (χ4n) is 3.40. The number of halogens is 1. The summed E-state index contributed by atoms with van der Waals surface area (Å²) < 4.78 is 5.66. The van der Waals surface area contributed by atoms with Crippen LogP contribution in [0.25, 0.3) is 0 Å². The van der Waals surface area contributed by atoms with E-state index in [1.165, 1.54) is 11.6 Å². The second kappa shape index (κ2) is 11.6. The number of nitro groups is 1. The molecule has 1 atom stereocenters. The van der Waals surface area contributed by atoms with Crippen LogP contribution in [-0.4, -0.2) is 22.1 Å². The average Bonchev–Trinajstić information content (AvgIpc) is 2.77. The fourth-order valence-corrected chi connectivity index (χ4v) is 3.40. The van der Waals surface area contributed by atoms with E-state index >= 15 is 0 Å². The molecule has 3 rings (SSSR count). The van der Waals surface area contributed by atoms with E-state index in [0.29, 0.717) is 5.56 Å². The van der Waals surface area contributed by atoms with E-state index < -0.39 is 11.0 Å². The number of aliphatic hydroxyl groups is 1. The molecule has 0 saturated carbocycles. The van der Waals surface area contributed by atoms with Crippen molar-refractivity contribution in [3.8, 4) is 5.75 Å². The Balaban J connectivity index is 0.00000363. The maximum atomic E-state index is 11.6. The molecule has 7 heteroatoms. The van der Waals surface area contributed by atoms with Gasteiger partial charge in [0.25, 0.3) is 0 Å². The number of hydrogen-bond donors (Lipinski definition) is 2. The number of nitrogens with zero attached hydrogens (tertiary/aromatic N) is 1. The minimum atomic E-state index is -0.878. The lowest BCUT2D eigenvalue weighted by atomic mass is 9.94. The maximum absolute atomic E-state index is 11.6. The molecule has 2 N–H and O–H groups in total. The Labute approximate surface area is 194 Å². The van der Waals surface area contributed by atoms with E-state index in [2.05, 4.69) is 31.3 Å². The van der Waals surface area contributed by atoms with Crippen LogP contribution in [0.3, 0.4) is 0 Å². The van der Waals surface area contributed by atoms with Crippen molar-refractivity contribution in [2.75, 3.05) is 6.54 Å². The summed E-state index contributed by atoms with van der Waals surface area (Å²) in [5, 5.41) is 25.6. The summed E-state index contributed by atoms with van der Waals surface area (Å²) in [5.74, 6) is 0.183. The highest BCUT2D eigenvalue weighted by atomic mass is 35.5. The third-order valence-electron chi connectivity index (χ3n) is 5.06. The third kappa shape index (κ3) is 7.34. The molecule has 1 unspecified atom stereocenters. The van der Waals surface area contributed by atoms with Crippen LogP contribution in [0.4, 0.5) is 5.69 Å². The van der Waals surface area contributed by atoms with Crippen LogP contribution in [0.1, 0.15) is 36.6 Å². The molecule has 0 saturated heterocycles. The summed E-state index contributed by atoms with van der Waals surface area (Å²) in [6.07, 6.45) is -0.0793. The number of benzene rings is 3. The van der Waals surface area contributed by atoms with Crippen LogP contribution < -0.4 is 10.1 Å². The minimum absolute atomic E-state index is 0. The van der Waals surface area contributed by atoms with Crippen LogP contribution in [0, 0.1) is 10.1 Å². The molecule has 3 aromatic rings. The van der Waals surface area contributed by atoms with Gasteiger partial charge in [-0.15, -0.1) is 12.4 Å². The molecule has 0 amide bonds. The summed E-state index contributed by atoms with van der Waals surface area (Å²) >= 11 is 0. The van der Waals surface area contributed by atoms with Gasteiger partial charge in [0, 0.05) is 18.2 Å². The van der Waals surface area contributed by atoms with Gasteiger partial charge in [0.1, 0.15) is 6.61 Å². The van der Waals surface area contributed by atoms with Crippen molar-refractivity contribution in [2.45, 2.75) is 38.5 Å². The van der Waals surface area contributed by atoms with Crippen molar-refractivity contribution in [1.29, 1.82) is 0 Å². The van der Waals surface area contributed by atoms with E-state index in [1.54, 1.807) is 12.1 Å². The van der Waals surface area contributed by atoms with Gasteiger partial charge in [-0.1, -0.05) is 66.7 Å². The van der Waals surface area contributed by atoms with Crippen molar-refractivity contribution in [2.24, 2.45) is 0 Å². The monoisotopic (exact) mass is 456 g/mol. The van der Waals surface area contributed by atoms with Gasteiger partial charge in [-0.3, -0.25) is 10.1 Å². The molecule has 0 aromatic heterocycles. The first-order chi connectivity index (χ1) is 14.8. The SMILES string of the molecule is CC(C)(Cc1ccccc1)NCC(O)c1ccc(OCc2ccccc2)c([N+](=O)[O-])c1.Cl. The van der Waals surface area contributed by atoms with E-state index in [9.17, 15) is 15.2 Å². The van der Waals surface area contributed by atoms with Gasteiger partial charge < -0.3 is 15.2 Å². The number of hydrogen-bond acceptors (Lipinski definition) is 5. The second-order valence-corrected chi connectivity index (χ2v) is 8.20. The van der Waals surface area contributed by atoms with Gasteiger partial charge in [0.15, 0.2) is 5.75 Å². The van der Waals surface area contributed by atoms with Gasteiger partial charge in [0.2, 0.25) is 0 Å². The first-order valence-corrected chi connectivity index (χ1v) is 10.3. The van der Waals surface area contributed by atoms with Crippen LogP contribution in [0.2, 0.25) is 0 Å². The molecule has 170 valence electrons. The average molecular weight is 457 g/mol. The molecule has 0 fully saturated rings. The smallest absolute Gasteiger partial charge is 0.311 e. The quantitative estimate of drug-likeness (QED) is 0.322. The summed E-state index contributed by atoms with van der Waals surface area (Å²) in [7, 11) is 0. The zero-order valence-corrected chi connectivity index (χ0v) is 19.0. The van der Waals surface area contributed by atoms with Crippen LogP contribution in [0.5, 0.6) is 5.75 Å². The standard InChI is InChI=1S/C25H28N2O4.ClH/c1-25(2,16-19-9-5-3-6-10-19)26-17-23(28)21-13-14-24(22(15-21)27(29)30)31-18-20-11-7-4-8-12-20;/h3-15,23,26,28H,16-18H2,1-2H3;1H. The number of ether oxygens (including phenoxy) is 1. The molecular formula is C25H29ClN2O4. The van der Waals surface area contributed by atoms with Crippen molar-refractivity contribution in [1.82, 2.24) is 5.32 Å². The van der Waals surface area contributed by atoms with E-state index in [0.717, 1.165) is 12.0 Å². The number of nitro benzene ring substituents is 1. The van der Waals surface area contributed by atoms with E-state index in [-0.39, 0.29) is 42.5 Å². The lowest BCUT2D eigenvalue weighted by Crippen LogP contribution is -2.43. The fraction of sp³-hybridized carbons (Fsp3) is 0.280. The highest BCUT2D eigenvalue weighted by molar-refractivity contribution is 5.85. The molecule has 0 aliphatic carbocycles. The Kier molecular flexibility index (Phi) is 9.20. The van der Waals surface area contributed by atoms with Gasteiger partial charge in [-0.2, -0.15) is 0 Å². The second-order valence-electron chi connectivity index (χ2n) is 8.20. The summed E-state index contributed by atoms with van der Waals surface area (Å²) in [6.45, 7) is 4.64. The highest BCUT2D eigenvalue weighted by Crippen LogP contribution is 2.31. The molecule has 0 aliphatic rings. The van der Waals surface area contributed by atoms with Crippen molar-refractivity contribution in [3.05, 3.63) is 106 Å². The normalized spacial score (nSPS) is 12.0. The largest absolute Gasteiger partial charge is 0.482 e. The lowest BCUT2D eigenvalue weighted by Gasteiger charge is -2.28. The first-order valence-electron chi connectivity index (χ1n) is 10.3. The van der Waals surface area contributed by atoms with Crippen LogP contribution in [0.15, 0.2) is 78.9 Å². The zero-order chi connectivity index (χ0) is 22.3. The minimum Gasteiger partial charge on any atom is -0.482 e. The summed E-state index contributed by atoms with van der Waals surface area (Å²) in [6, 6.07) is 24.2. The molecule has 0 radical (unpaired) electrons. The lowest BCUT2D eigenvalue weighted by molar-refractivity contribution is -0.386. The number of nitrogens with one attached hydrogen (secondary N) is 1.